The smallest absolute Gasteiger partial charge is 0.124 e. The molecule has 25 heavy (non-hydrogen) atoms. The van der Waals surface area contributed by atoms with Crippen LogP contribution in [0.2, 0.25) is 0 Å². The fourth-order valence-corrected chi connectivity index (χ4v) is 4.53. The number of fused-ring (bicyclic) bond motifs is 1. The third kappa shape index (κ3) is 3.83. The van der Waals surface area contributed by atoms with Gasteiger partial charge >= 0.3 is 0 Å². The minimum atomic E-state index is -0.259. The maximum atomic E-state index is 12.6. The minimum Gasteiger partial charge on any atom is -0.487 e. The molecule has 138 valence electrons. The molecule has 0 radical (unpaired) electrons. The van der Waals surface area contributed by atoms with Crippen LogP contribution in [0.5, 0.6) is 5.75 Å². The lowest BCUT2D eigenvalue weighted by molar-refractivity contribution is -0.0291. The Kier molecular flexibility index (Phi) is 5.25. The van der Waals surface area contributed by atoms with Gasteiger partial charge in [-0.1, -0.05) is 18.2 Å². The molecule has 3 aliphatic heterocycles. The molecule has 2 saturated heterocycles. The summed E-state index contributed by atoms with van der Waals surface area (Å²) in [5, 5.41) is 3.89. The lowest BCUT2D eigenvalue weighted by atomic mass is 9.80. The Balaban J connectivity index is 1.50. The molecule has 0 bridgehead atoms. The van der Waals surface area contributed by atoms with E-state index >= 15 is 0 Å². The van der Waals surface area contributed by atoms with Gasteiger partial charge < -0.3 is 19.7 Å². The molecular weight excluding hydrogens is 319 g/mol. The molecule has 0 aromatic heterocycles. The van der Waals surface area contributed by atoms with Crippen molar-refractivity contribution in [2.24, 2.45) is 0 Å². The van der Waals surface area contributed by atoms with E-state index in [1.54, 1.807) is 0 Å². The number of rotatable bonds is 4. The first kappa shape index (κ1) is 17.3. The molecule has 4 rings (SSSR count). The van der Waals surface area contributed by atoms with Crippen LogP contribution in [0.3, 0.4) is 0 Å². The third-order valence-corrected chi connectivity index (χ3v) is 6.02. The lowest BCUT2D eigenvalue weighted by Gasteiger charge is -2.47. The second-order valence-corrected chi connectivity index (χ2v) is 7.66. The summed E-state index contributed by atoms with van der Waals surface area (Å²) >= 11 is 0. The average molecular weight is 348 g/mol. The van der Waals surface area contributed by atoms with Gasteiger partial charge in [0, 0.05) is 56.9 Å². The molecular formula is C20H29FN2O2. The fraction of sp³-hybridized carbons (Fsp3) is 0.700. The second kappa shape index (κ2) is 7.60. The van der Waals surface area contributed by atoms with Crippen molar-refractivity contribution in [2.45, 2.75) is 49.8 Å². The van der Waals surface area contributed by atoms with Gasteiger partial charge in [-0.2, -0.15) is 0 Å². The number of halogens is 1. The van der Waals surface area contributed by atoms with E-state index < -0.39 is 0 Å². The Bertz CT molecular complexity index is 569. The van der Waals surface area contributed by atoms with Crippen LogP contribution in [0.4, 0.5) is 4.39 Å². The second-order valence-electron chi connectivity index (χ2n) is 7.66. The number of piperidine rings is 1. The Morgan fingerprint density at radius 2 is 1.92 bits per heavy atom. The standard InChI is InChI=1S/C20H29FN2O2/c21-9-12-23-10-7-20(8-11-23)15-18(22-16-5-13-24-14-6-16)17-3-1-2-4-19(17)25-20/h1-4,16,18,22H,5-15H2/t18-/m0/s1. The molecule has 1 N–H and O–H groups in total. The number of ether oxygens (including phenoxy) is 2. The van der Waals surface area contributed by atoms with Crippen LogP contribution in [0.25, 0.3) is 0 Å². The van der Waals surface area contributed by atoms with Crippen LogP contribution >= 0.6 is 0 Å². The summed E-state index contributed by atoms with van der Waals surface area (Å²) in [6, 6.07) is 9.30. The van der Waals surface area contributed by atoms with E-state index in [1.165, 1.54) is 5.56 Å². The zero-order valence-electron chi connectivity index (χ0n) is 14.9. The molecule has 1 spiro atoms. The van der Waals surface area contributed by atoms with Crippen LogP contribution < -0.4 is 10.1 Å². The Labute approximate surface area is 149 Å². The molecule has 1 aromatic carbocycles. The van der Waals surface area contributed by atoms with Gasteiger partial charge in [-0.15, -0.1) is 0 Å². The van der Waals surface area contributed by atoms with E-state index in [9.17, 15) is 4.39 Å². The SMILES string of the molecule is FCCN1CCC2(CC1)C[C@H](NC1CCOCC1)c1ccccc1O2. The normalized spacial score (nSPS) is 27.0. The number of nitrogens with one attached hydrogen (secondary N) is 1. The van der Waals surface area contributed by atoms with Crippen LogP contribution in [0, 0.1) is 0 Å². The van der Waals surface area contributed by atoms with Gasteiger partial charge in [0.1, 0.15) is 18.0 Å². The number of hydrogen-bond acceptors (Lipinski definition) is 4. The highest BCUT2D eigenvalue weighted by atomic mass is 19.1. The van der Waals surface area contributed by atoms with Crippen molar-refractivity contribution in [1.82, 2.24) is 10.2 Å². The zero-order valence-corrected chi connectivity index (χ0v) is 14.9. The van der Waals surface area contributed by atoms with Crippen molar-refractivity contribution in [3.8, 4) is 5.75 Å². The Morgan fingerprint density at radius 3 is 2.68 bits per heavy atom. The largest absolute Gasteiger partial charge is 0.487 e. The van der Waals surface area contributed by atoms with Crippen molar-refractivity contribution >= 4 is 0 Å². The van der Waals surface area contributed by atoms with E-state index in [-0.39, 0.29) is 12.3 Å². The summed E-state index contributed by atoms with van der Waals surface area (Å²) in [5.41, 5.74) is 1.18. The van der Waals surface area contributed by atoms with Crippen molar-refractivity contribution in [3.63, 3.8) is 0 Å². The van der Waals surface area contributed by atoms with Gasteiger partial charge in [-0.3, -0.25) is 0 Å². The predicted octanol–water partition coefficient (Wildman–Crippen LogP) is 3.08. The van der Waals surface area contributed by atoms with Crippen molar-refractivity contribution in [2.75, 3.05) is 39.5 Å². The quantitative estimate of drug-likeness (QED) is 0.907. The van der Waals surface area contributed by atoms with Gasteiger partial charge in [-0.25, -0.2) is 4.39 Å². The highest BCUT2D eigenvalue weighted by molar-refractivity contribution is 5.39. The third-order valence-electron chi connectivity index (χ3n) is 6.02. The average Bonchev–Trinajstić information content (AvgIpc) is 2.65. The summed E-state index contributed by atoms with van der Waals surface area (Å²) in [4.78, 5) is 2.22. The highest BCUT2D eigenvalue weighted by Gasteiger charge is 2.43. The van der Waals surface area contributed by atoms with Crippen LogP contribution in [-0.4, -0.2) is 56.1 Å². The molecule has 3 aliphatic rings. The van der Waals surface area contributed by atoms with Crippen LogP contribution in [-0.2, 0) is 4.74 Å². The van der Waals surface area contributed by atoms with E-state index in [2.05, 4.69) is 34.5 Å². The molecule has 4 nitrogen and oxygen atoms in total. The first-order valence-corrected chi connectivity index (χ1v) is 9.68. The number of benzene rings is 1. The molecule has 3 heterocycles. The van der Waals surface area contributed by atoms with Gasteiger partial charge in [0.15, 0.2) is 0 Å². The zero-order chi connectivity index (χ0) is 17.1. The van der Waals surface area contributed by atoms with Gasteiger partial charge in [0.25, 0.3) is 0 Å². The molecule has 1 aromatic rings. The molecule has 0 aliphatic carbocycles. The fourth-order valence-electron chi connectivity index (χ4n) is 4.53. The molecule has 5 heteroatoms. The first-order valence-electron chi connectivity index (χ1n) is 9.68. The summed E-state index contributed by atoms with van der Waals surface area (Å²) in [6.07, 6.45) is 5.12. The van der Waals surface area contributed by atoms with Crippen molar-refractivity contribution in [3.05, 3.63) is 29.8 Å². The van der Waals surface area contributed by atoms with Gasteiger partial charge in [0.2, 0.25) is 0 Å². The van der Waals surface area contributed by atoms with Gasteiger partial charge in [-0.05, 0) is 31.7 Å². The number of hydrogen-bond donors (Lipinski definition) is 1. The van der Waals surface area contributed by atoms with Crippen LogP contribution in [0.15, 0.2) is 24.3 Å². The van der Waals surface area contributed by atoms with E-state index in [0.29, 0.717) is 18.6 Å². The molecule has 0 saturated carbocycles. The monoisotopic (exact) mass is 348 g/mol. The van der Waals surface area contributed by atoms with Crippen LogP contribution in [0.1, 0.15) is 43.7 Å². The Morgan fingerprint density at radius 1 is 1.16 bits per heavy atom. The minimum absolute atomic E-state index is 0.107. The summed E-state index contributed by atoms with van der Waals surface area (Å²) < 4.78 is 24.7. The van der Waals surface area contributed by atoms with Crippen molar-refractivity contribution in [1.29, 1.82) is 0 Å². The topological polar surface area (TPSA) is 33.7 Å². The Hall–Kier alpha value is -1.17. The van der Waals surface area contributed by atoms with E-state index in [1.807, 2.05) is 0 Å². The summed E-state index contributed by atoms with van der Waals surface area (Å²) in [6.45, 7) is 3.85. The maximum absolute atomic E-state index is 12.6. The first-order chi connectivity index (χ1) is 12.3. The molecule has 0 amide bonds. The number of nitrogens with zero attached hydrogens (tertiary/aromatic N) is 1. The predicted molar refractivity (Wildman–Crippen MR) is 95.8 cm³/mol. The van der Waals surface area contributed by atoms with E-state index in [0.717, 1.165) is 64.2 Å². The highest BCUT2D eigenvalue weighted by Crippen LogP contribution is 2.44. The molecule has 2 fully saturated rings. The van der Waals surface area contributed by atoms with Crippen molar-refractivity contribution < 1.29 is 13.9 Å². The number of likely N-dealkylation sites (tertiary alicyclic amines) is 1. The van der Waals surface area contributed by atoms with Gasteiger partial charge in [0.05, 0.1) is 0 Å². The lowest BCUT2D eigenvalue weighted by Crippen LogP contribution is -2.53. The summed E-state index contributed by atoms with van der Waals surface area (Å²) in [7, 11) is 0. The number of alkyl halides is 1. The summed E-state index contributed by atoms with van der Waals surface area (Å²) in [5.74, 6) is 1.03. The molecule has 1 atom stereocenters. The number of para-hydroxylation sites is 1. The maximum Gasteiger partial charge on any atom is 0.124 e. The molecule has 0 unspecified atom stereocenters. The van der Waals surface area contributed by atoms with E-state index in [4.69, 9.17) is 9.47 Å².